The van der Waals surface area contributed by atoms with Gasteiger partial charge in [0.2, 0.25) is 11.8 Å². The summed E-state index contributed by atoms with van der Waals surface area (Å²) in [6, 6.07) is 0. The summed E-state index contributed by atoms with van der Waals surface area (Å²) in [6.45, 7) is 3.48. The Labute approximate surface area is 95.6 Å². The van der Waals surface area contributed by atoms with Crippen molar-refractivity contribution in [2.45, 2.75) is 38.8 Å². The van der Waals surface area contributed by atoms with Gasteiger partial charge in [0, 0.05) is 13.0 Å². The third-order valence-corrected chi connectivity index (χ3v) is 2.89. The number of nitrogens with zero attached hydrogens (tertiary/aromatic N) is 2. The summed E-state index contributed by atoms with van der Waals surface area (Å²) in [6.07, 6.45) is 3.59. The second-order valence-electron chi connectivity index (χ2n) is 4.24. The number of nitrogens with one attached hydrogen (secondary N) is 1. The lowest BCUT2D eigenvalue weighted by molar-refractivity contribution is -0.0255. The van der Waals surface area contributed by atoms with Crippen molar-refractivity contribution in [2.75, 3.05) is 13.7 Å². The molecule has 1 heterocycles. The second-order valence-corrected chi connectivity index (χ2v) is 4.24. The molecule has 1 aliphatic carbocycles. The van der Waals surface area contributed by atoms with E-state index in [0.29, 0.717) is 24.5 Å². The Balaban J connectivity index is 1.73. The molecule has 1 aromatic rings. The highest BCUT2D eigenvalue weighted by Crippen LogP contribution is 2.32. The van der Waals surface area contributed by atoms with Crippen molar-refractivity contribution in [3.63, 3.8) is 0 Å². The van der Waals surface area contributed by atoms with Gasteiger partial charge >= 0.3 is 0 Å². The van der Waals surface area contributed by atoms with E-state index < -0.39 is 0 Å². The molecule has 0 saturated heterocycles. The molecule has 0 bridgehead atoms. The number of hydrogen-bond acceptors (Lipinski definition) is 5. The fraction of sp³-hybridized carbons (Fsp3) is 0.818. The zero-order valence-electron chi connectivity index (χ0n) is 9.90. The van der Waals surface area contributed by atoms with Crippen LogP contribution < -0.4 is 5.32 Å². The third kappa shape index (κ3) is 2.80. The molecule has 1 fully saturated rings. The Morgan fingerprint density at radius 1 is 1.38 bits per heavy atom. The largest absolute Gasteiger partial charge is 0.424 e. The molecule has 1 N–H and O–H groups in total. The predicted molar refractivity (Wildman–Crippen MR) is 58.9 cm³/mol. The molecule has 0 spiro atoms. The first kappa shape index (κ1) is 11.5. The fourth-order valence-corrected chi connectivity index (χ4v) is 2.05. The molecule has 5 heteroatoms. The van der Waals surface area contributed by atoms with Gasteiger partial charge in [-0.3, -0.25) is 0 Å². The molecule has 0 aromatic carbocycles. The average molecular weight is 225 g/mol. The van der Waals surface area contributed by atoms with Crippen LogP contribution >= 0.6 is 0 Å². The average Bonchev–Trinajstić information content (AvgIpc) is 2.63. The highest BCUT2D eigenvalue weighted by atomic mass is 16.5. The van der Waals surface area contributed by atoms with Crippen LogP contribution in [0.25, 0.3) is 0 Å². The maximum Gasteiger partial charge on any atom is 0.230 e. The molecule has 1 aromatic heterocycles. The van der Waals surface area contributed by atoms with Crippen LogP contribution in [0.4, 0.5) is 0 Å². The van der Waals surface area contributed by atoms with E-state index in [2.05, 4.69) is 15.5 Å². The molecule has 16 heavy (non-hydrogen) atoms. The summed E-state index contributed by atoms with van der Waals surface area (Å²) in [5, 5.41) is 11.0. The molecule has 2 rings (SSSR count). The predicted octanol–water partition coefficient (Wildman–Crippen LogP) is 1.15. The number of rotatable bonds is 6. The summed E-state index contributed by atoms with van der Waals surface area (Å²) in [5.74, 6) is 2.07. The Morgan fingerprint density at radius 2 is 2.12 bits per heavy atom. The molecule has 0 amide bonds. The van der Waals surface area contributed by atoms with E-state index >= 15 is 0 Å². The molecule has 0 radical (unpaired) electrons. The van der Waals surface area contributed by atoms with E-state index in [-0.39, 0.29) is 0 Å². The quantitative estimate of drug-likeness (QED) is 0.787. The van der Waals surface area contributed by atoms with Crippen molar-refractivity contribution in [1.82, 2.24) is 15.5 Å². The van der Waals surface area contributed by atoms with E-state index in [1.54, 1.807) is 0 Å². The molecule has 1 aliphatic rings. The lowest BCUT2D eigenvalue weighted by atomic mass is 9.80. The molecular weight excluding hydrogens is 206 g/mol. The number of hydrogen-bond donors (Lipinski definition) is 1. The lowest BCUT2D eigenvalue weighted by Crippen LogP contribution is -2.32. The zero-order chi connectivity index (χ0) is 11.4. The highest BCUT2D eigenvalue weighted by molar-refractivity contribution is 4.89. The van der Waals surface area contributed by atoms with Crippen molar-refractivity contribution < 1.29 is 9.15 Å². The number of aromatic nitrogens is 2. The third-order valence-electron chi connectivity index (χ3n) is 2.89. The Hall–Kier alpha value is -0.940. The van der Waals surface area contributed by atoms with E-state index in [9.17, 15) is 0 Å². The summed E-state index contributed by atoms with van der Waals surface area (Å²) in [5.41, 5.74) is 0. The first-order valence-electron chi connectivity index (χ1n) is 5.89. The van der Waals surface area contributed by atoms with Crippen molar-refractivity contribution >= 4 is 0 Å². The molecule has 90 valence electrons. The van der Waals surface area contributed by atoms with Crippen molar-refractivity contribution in [3.05, 3.63) is 11.8 Å². The Kier molecular flexibility index (Phi) is 3.90. The number of ether oxygens (including phenoxy) is 1. The van der Waals surface area contributed by atoms with Crippen LogP contribution in [0.2, 0.25) is 0 Å². The maximum atomic E-state index is 5.51. The fourth-order valence-electron chi connectivity index (χ4n) is 2.05. The van der Waals surface area contributed by atoms with E-state index in [1.807, 2.05) is 14.0 Å². The van der Waals surface area contributed by atoms with Crippen molar-refractivity contribution in [3.8, 4) is 0 Å². The van der Waals surface area contributed by atoms with Gasteiger partial charge in [-0.25, -0.2) is 0 Å². The first-order chi connectivity index (χ1) is 7.81. The Morgan fingerprint density at radius 3 is 2.81 bits per heavy atom. The Bertz CT molecular complexity index is 321. The van der Waals surface area contributed by atoms with Gasteiger partial charge in [-0.15, -0.1) is 10.2 Å². The minimum atomic E-state index is 0.453. The van der Waals surface area contributed by atoms with Crippen LogP contribution in [0.1, 0.15) is 31.5 Å². The molecule has 5 nitrogen and oxygen atoms in total. The highest BCUT2D eigenvalue weighted by Gasteiger charge is 2.30. The van der Waals surface area contributed by atoms with Gasteiger partial charge in [-0.05, 0) is 32.7 Å². The van der Waals surface area contributed by atoms with E-state index in [1.165, 1.54) is 0 Å². The van der Waals surface area contributed by atoms with E-state index in [0.717, 1.165) is 31.8 Å². The molecule has 1 saturated carbocycles. The molecular formula is C11H19N3O2. The molecule has 0 atom stereocenters. The van der Waals surface area contributed by atoms with Gasteiger partial charge in [0.1, 0.15) is 0 Å². The van der Waals surface area contributed by atoms with Crippen molar-refractivity contribution in [2.24, 2.45) is 5.92 Å². The van der Waals surface area contributed by atoms with Crippen LogP contribution in [0, 0.1) is 5.92 Å². The maximum absolute atomic E-state index is 5.51. The summed E-state index contributed by atoms with van der Waals surface area (Å²) < 4.78 is 11.0. The van der Waals surface area contributed by atoms with E-state index in [4.69, 9.17) is 9.15 Å². The van der Waals surface area contributed by atoms with Crippen LogP contribution in [0.3, 0.4) is 0 Å². The summed E-state index contributed by atoms with van der Waals surface area (Å²) in [4.78, 5) is 0. The van der Waals surface area contributed by atoms with Crippen LogP contribution in [-0.4, -0.2) is 30.0 Å². The van der Waals surface area contributed by atoms with Gasteiger partial charge in [0.05, 0.1) is 12.6 Å². The summed E-state index contributed by atoms with van der Waals surface area (Å²) in [7, 11) is 1.86. The molecule has 0 aliphatic heterocycles. The minimum absolute atomic E-state index is 0.453. The molecule has 0 unspecified atom stereocenters. The zero-order valence-corrected chi connectivity index (χ0v) is 9.90. The smallest absolute Gasteiger partial charge is 0.230 e. The standard InChI is InChI=1S/C11H19N3O2/c1-3-15-9-4-8(5-9)6-10-13-14-11(16-10)7-12-2/h8-9,12H,3-7H2,1-2H3. The van der Waals surface area contributed by atoms with Crippen LogP contribution in [0.5, 0.6) is 0 Å². The van der Waals surface area contributed by atoms with Crippen LogP contribution in [0.15, 0.2) is 4.42 Å². The normalized spacial score (nSPS) is 24.4. The first-order valence-corrected chi connectivity index (χ1v) is 5.89. The minimum Gasteiger partial charge on any atom is -0.424 e. The van der Waals surface area contributed by atoms with Gasteiger partial charge in [-0.2, -0.15) is 0 Å². The summed E-state index contributed by atoms with van der Waals surface area (Å²) >= 11 is 0. The monoisotopic (exact) mass is 225 g/mol. The van der Waals surface area contributed by atoms with Gasteiger partial charge in [0.25, 0.3) is 0 Å². The van der Waals surface area contributed by atoms with Gasteiger partial charge < -0.3 is 14.5 Å². The lowest BCUT2D eigenvalue weighted by Gasteiger charge is -2.33. The second kappa shape index (κ2) is 5.41. The van der Waals surface area contributed by atoms with Gasteiger partial charge in [0.15, 0.2) is 0 Å². The SMILES string of the molecule is CCOC1CC(Cc2nnc(CNC)o2)C1. The van der Waals surface area contributed by atoms with Crippen molar-refractivity contribution in [1.29, 1.82) is 0 Å². The topological polar surface area (TPSA) is 60.2 Å². The van der Waals surface area contributed by atoms with Gasteiger partial charge in [-0.1, -0.05) is 0 Å². The van der Waals surface area contributed by atoms with Crippen LogP contribution in [-0.2, 0) is 17.7 Å².